The van der Waals surface area contributed by atoms with Crippen molar-refractivity contribution in [3.05, 3.63) is 65.0 Å². The van der Waals surface area contributed by atoms with Gasteiger partial charge >= 0.3 is 0 Å². The third-order valence-electron chi connectivity index (χ3n) is 2.91. The Balaban J connectivity index is 1.68. The number of nitrogens with zero attached hydrogens (tertiary/aromatic N) is 2. The third kappa shape index (κ3) is 2.80. The first-order valence-corrected chi connectivity index (χ1v) is 7.10. The highest BCUT2D eigenvalue weighted by atomic mass is 32.1. The van der Waals surface area contributed by atoms with Crippen LogP contribution in [0.2, 0.25) is 0 Å². The second kappa shape index (κ2) is 5.75. The molecular weight excluding hydrogens is 272 g/mol. The normalized spacial score (nSPS) is 10.6. The Morgan fingerprint density at radius 3 is 2.90 bits per heavy atom. The second-order valence-electron chi connectivity index (χ2n) is 4.33. The first kappa shape index (κ1) is 12.7. The van der Waals surface area contributed by atoms with Gasteiger partial charge in [0.15, 0.2) is 0 Å². The number of H-pyrrole nitrogens is 1. The molecule has 0 fully saturated rings. The number of rotatable bonds is 5. The van der Waals surface area contributed by atoms with Crippen LogP contribution in [-0.2, 0) is 6.42 Å². The molecule has 3 aromatic rings. The summed E-state index contributed by atoms with van der Waals surface area (Å²) in [5.74, 6) is 0. The van der Waals surface area contributed by atoms with Gasteiger partial charge in [-0.1, -0.05) is 30.3 Å². The Morgan fingerprint density at radius 1 is 1.30 bits per heavy atom. The zero-order valence-corrected chi connectivity index (χ0v) is 11.6. The van der Waals surface area contributed by atoms with Crippen molar-refractivity contribution in [3.8, 4) is 10.4 Å². The summed E-state index contributed by atoms with van der Waals surface area (Å²) in [6, 6.07) is 11.6. The molecule has 1 aromatic carbocycles. The Hall–Kier alpha value is -2.34. The molecule has 3 rings (SSSR count). The fraction of sp³-hybridized carbons (Fsp3) is 0.143. The molecule has 0 aliphatic carbocycles. The number of imidazole rings is 1. The zero-order valence-electron chi connectivity index (χ0n) is 10.7. The molecule has 2 N–H and O–H groups in total. The molecule has 0 radical (unpaired) electrons. The summed E-state index contributed by atoms with van der Waals surface area (Å²) in [7, 11) is 0. The van der Waals surface area contributed by atoms with E-state index in [-0.39, 0.29) is 5.56 Å². The van der Waals surface area contributed by atoms with Crippen LogP contribution in [0.25, 0.3) is 10.4 Å². The van der Waals surface area contributed by atoms with Crippen molar-refractivity contribution < 1.29 is 0 Å². The van der Waals surface area contributed by atoms with Crippen LogP contribution in [0, 0.1) is 0 Å². The monoisotopic (exact) mass is 286 g/mol. The summed E-state index contributed by atoms with van der Waals surface area (Å²) in [6.07, 6.45) is 4.24. The molecule has 2 heterocycles. The smallest absolute Gasteiger partial charge is 0.280 e. The van der Waals surface area contributed by atoms with Gasteiger partial charge in [0.1, 0.15) is 0 Å². The topological polar surface area (TPSA) is 62.7 Å². The van der Waals surface area contributed by atoms with Crippen molar-refractivity contribution in [1.82, 2.24) is 14.0 Å². The van der Waals surface area contributed by atoms with E-state index in [1.165, 1.54) is 11.5 Å². The van der Waals surface area contributed by atoms with Gasteiger partial charge < -0.3 is 10.4 Å². The molecule has 0 aliphatic heterocycles. The number of benzene rings is 1. The average molecular weight is 286 g/mol. The number of nitrogens with one attached hydrogen (secondary N) is 2. The standard InChI is InChI=1S/C14H14N4OS/c19-14-8-13(11-4-2-1-3-5-11)20-18(14)17-7-6-12-9-15-10-16-12/h1-5,8-10,17H,6-7H2,(H,15,16). The molecule has 6 heteroatoms. The Bertz CT molecular complexity index is 715. The molecule has 0 unspecified atom stereocenters. The molecule has 2 aromatic heterocycles. The summed E-state index contributed by atoms with van der Waals surface area (Å²) < 4.78 is 1.57. The van der Waals surface area contributed by atoms with Crippen molar-refractivity contribution in [2.45, 2.75) is 6.42 Å². The van der Waals surface area contributed by atoms with E-state index >= 15 is 0 Å². The molecule has 102 valence electrons. The van der Waals surface area contributed by atoms with Gasteiger partial charge in [0.05, 0.1) is 11.2 Å². The van der Waals surface area contributed by atoms with Crippen molar-refractivity contribution in [3.63, 3.8) is 0 Å². The van der Waals surface area contributed by atoms with Crippen LogP contribution in [0.3, 0.4) is 0 Å². The maximum absolute atomic E-state index is 11.9. The minimum Gasteiger partial charge on any atom is -0.348 e. The highest BCUT2D eigenvalue weighted by Gasteiger charge is 2.05. The number of aromatic amines is 1. The van der Waals surface area contributed by atoms with Crippen LogP contribution >= 0.6 is 11.5 Å². The predicted octanol–water partition coefficient (Wildman–Crippen LogP) is 2.09. The number of hydrogen-bond donors (Lipinski definition) is 2. The van der Waals surface area contributed by atoms with Crippen LogP contribution in [0.5, 0.6) is 0 Å². The van der Waals surface area contributed by atoms with Gasteiger partial charge in [-0.05, 0) is 17.1 Å². The lowest BCUT2D eigenvalue weighted by Crippen LogP contribution is -2.24. The minimum atomic E-state index is -0.0292. The van der Waals surface area contributed by atoms with Crippen LogP contribution in [0.4, 0.5) is 0 Å². The summed E-state index contributed by atoms with van der Waals surface area (Å²) >= 11 is 1.42. The second-order valence-corrected chi connectivity index (χ2v) is 5.32. The van der Waals surface area contributed by atoms with E-state index in [9.17, 15) is 4.79 Å². The fourth-order valence-corrected chi connectivity index (χ4v) is 2.79. The molecule has 0 aliphatic rings. The Morgan fingerprint density at radius 2 is 2.15 bits per heavy atom. The predicted molar refractivity (Wildman–Crippen MR) is 80.5 cm³/mol. The maximum atomic E-state index is 11.9. The van der Waals surface area contributed by atoms with Crippen molar-refractivity contribution in [1.29, 1.82) is 0 Å². The van der Waals surface area contributed by atoms with Crippen LogP contribution < -0.4 is 11.0 Å². The van der Waals surface area contributed by atoms with Crippen LogP contribution in [-0.4, -0.2) is 20.6 Å². The number of aromatic nitrogens is 3. The minimum absolute atomic E-state index is 0.0292. The van der Waals surface area contributed by atoms with E-state index in [0.717, 1.165) is 22.6 Å². The lowest BCUT2D eigenvalue weighted by Gasteiger charge is -2.03. The van der Waals surface area contributed by atoms with Gasteiger partial charge in [-0.15, -0.1) is 0 Å². The van der Waals surface area contributed by atoms with E-state index in [4.69, 9.17) is 0 Å². The molecule has 0 saturated heterocycles. The summed E-state index contributed by atoms with van der Waals surface area (Å²) in [4.78, 5) is 19.9. The average Bonchev–Trinajstić information content (AvgIpc) is 3.11. The Kier molecular flexibility index (Phi) is 3.64. The number of hydrogen-bond acceptors (Lipinski definition) is 4. The van der Waals surface area contributed by atoms with Crippen LogP contribution in [0.1, 0.15) is 5.69 Å². The lowest BCUT2D eigenvalue weighted by molar-refractivity contribution is 0.845. The molecule has 5 nitrogen and oxygen atoms in total. The fourth-order valence-electron chi connectivity index (χ4n) is 1.90. The van der Waals surface area contributed by atoms with Gasteiger partial charge in [0.2, 0.25) is 0 Å². The van der Waals surface area contributed by atoms with Gasteiger partial charge in [0, 0.05) is 30.9 Å². The highest BCUT2D eigenvalue weighted by Crippen LogP contribution is 2.21. The molecule has 0 atom stereocenters. The molecular formula is C14H14N4OS. The molecule has 0 spiro atoms. The van der Waals surface area contributed by atoms with Crippen molar-refractivity contribution >= 4 is 11.5 Å². The van der Waals surface area contributed by atoms with E-state index in [1.807, 2.05) is 30.3 Å². The molecule has 0 bridgehead atoms. The quantitative estimate of drug-likeness (QED) is 0.755. The van der Waals surface area contributed by atoms with E-state index in [0.29, 0.717) is 6.54 Å². The Labute approximate surface area is 120 Å². The first-order valence-electron chi connectivity index (χ1n) is 6.33. The lowest BCUT2D eigenvalue weighted by atomic mass is 10.2. The van der Waals surface area contributed by atoms with Crippen molar-refractivity contribution in [2.75, 3.05) is 12.0 Å². The van der Waals surface area contributed by atoms with E-state index in [2.05, 4.69) is 15.4 Å². The maximum Gasteiger partial charge on any atom is 0.280 e. The summed E-state index contributed by atoms with van der Waals surface area (Å²) in [5, 5.41) is 0. The largest absolute Gasteiger partial charge is 0.348 e. The highest BCUT2D eigenvalue weighted by molar-refractivity contribution is 7.10. The van der Waals surface area contributed by atoms with E-state index < -0.39 is 0 Å². The summed E-state index contributed by atoms with van der Waals surface area (Å²) in [6.45, 7) is 0.677. The zero-order chi connectivity index (χ0) is 13.8. The van der Waals surface area contributed by atoms with Gasteiger partial charge in [-0.3, -0.25) is 4.79 Å². The molecule has 0 amide bonds. The van der Waals surface area contributed by atoms with Gasteiger partial charge in [0.25, 0.3) is 5.56 Å². The van der Waals surface area contributed by atoms with Crippen molar-refractivity contribution in [2.24, 2.45) is 0 Å². The van der Waals surface area contributed by atoms with Gasteiger partial charge in [-0.2, -0.15) is 4.07 Å². The SMILES string of the molecule is O=c1cc(-c2ccccc2)sn1NCCc1cnc[nH]1. The van der Waals surface area contributed by atoms with E-state index in [1.54, 1.807) is 22.7 Å². The first-order chi connectivity index (χ1) is 9.83. The summed E-state index contributed by atoms with van der Waals surface area (Å²) in [5.41, 5.74) is 5.19. The third-order valence-corrected chi connectivity index (χ3v) is 3.95. The van der Waals surface area contributed by atoms with Crippen LogP contribution in [0.15, 0.2) is 53.7 Å². The molecule has 0 saturated carbocycles. The molecule has 20 heavy (non-hydrogen) atoms. The van der Waals surface area contributed by atoms with Gasteiger partial charge in [-0.25, -0.2) is 4.98 Å².